The van der Waals surface area contributed by atoms with Crippen molar-refractivity contribution in [2.75, 3.05) is 6.61 Å². The molecule has 1 nitrogen and oxygen atoms in total. The number of aliphatic hydroxyl groups excluding tert-OH is 1. The van der Waals surface area contributed by atoms with Gasteiger partial charge < -0.3 is 5.11 Å². The minimum absolute atomic E-state index is 0.321. The number of unbranched alkanes of at least 4 members (excludes halogenated alkanes) is 2. The van der Waals surface area contributed by atoms with Crippen LogP contribution in [-0.4, -0.2) is 11.7 Å². The van der Waals surface area contributed by atoms with E-state index in [4.69, 9.17) is 5.11 Å². The molecule has 1 heteroatoms. The summed E-state index contributed by atoms with van der Waals surface area (Å²) in [4.78, 5) is 0. The van der Waals surface area contributed by atoms with Gasteiger partial charge in [-0.3, -0.25) is 0 Å². The molecule has 1 N–H and O–H groups in total. The summed E-state index contributed by atoms with van der Waals surface area (Å²) < 4.78 is 0. The molecule has 0 saturated carbocycles. The van der Waals surface area contributed by atoms with Crippen LogP contribution in [0.1, 0.15) is 32.6 Å². The van der Waals surface area contributed by atoms with E-state index in [1.165, 1.54) is 12.0 Å². The molecule has 0 saturated heterocycles. The van der Waals surface area contributed by atoms with E-state index in [0.717, 1.165) is 24.8 Å². The monoisotopic (exact) mass is 176 g/mol. The Labute approximate surface area is 80.2 Å². The summed E-state index contributed by atoms with van der Waals surface area (Å²) in [5.74, 6) is 5.88. The molecule has 0 unspecified atom stereocenters. The molecule has 0 radical (unpaired) electrons. The molecule has 0 bridgehead atoms. The van der Waals surface area contributed by atoms with Gasteiger partial charge in [-0.25, -0.2) is 0 Å². The third-order valence-corrected chi connectivity index (χ3v) is 2.07. The predicted octanol–water partition coefficient (Wildman–Crippen LogP) is 2.43. The van der Waals surface area contributed by atoms with Gasteiger partial charge in [-0.05, 0) is 43.9 Å². The molecule has 0 fully saturated rings. The molecule has 0 amide bonds. The maximum absolute atomic E-state index is 8.57. The van der Waals surface area contributed by atoms with E-state index in [1.807, 2.05) is 6.92 Å². The minimum atomic E-state index is 0.321. The van der Waals surface area contributed by atoms with Crippen LogP contribution >= 0.6 is 0 Å². The highest BCUT2D eigenvalue weighted by Gasteiger charge is 2.04. The molecule has 0 spiro atoms. The number of aliphatic hydroxyl groups is 1. The first-order valence-electron chi connectivity index (χ1n) is 4.82. The number of rotatable bonds is 5. The third-order valence-electron chi connectivity index (χ3n) is 2.07. The Kier molecular flexibility index (Phi) is 4.35. The van der Waals surface area contributed by atoms with E-state index < -0.39 is 0 Å². The van der Waals surface area contributed by atoms with Gasteiger partial charge in [0, 0.05) is 12.2 Å². The van der Waals surface area contributed by atoms with Crippen molar-refractivity contribution in [1.82, 2.24) is 0 Å². The molecule has 1 aliphatic rings. The zero-order chi connectivity index (χ0) is 9.52. The Balaban J connectivity index is 2.06. The molecule has 0 aliphatic heterocycles. The topological polar surface area (TPSA) is 20.2 Å². The lowest BCUT2D eigenvalue weighted by Gasteiger charge is -2.10. The zero-order valence-electron chi connectivity index (χ0n) is 8.14. The van der Waals surface area contributed by atoms with E-state index in [0.29, 0.717) is 6.61 Å². The summed E-state index contributed by atoms with van der Waals surface area (Å²) >= 11 is 0. The lowest BCUT2D eigenvalue weighted by atomic mass is 9.95. The first kappa shape index (κ1) is 10.1. The predicted molar refractivity (Wildman–Crippen MR) is 55.2 cm³/mol. The fourth-order valence-electron chi connectivity index (χ4n) is 1.37. The van der Waals surface area contributed by atoms with Crippen LogP contribution in [0.25, 0.3) is 0 Å². The number of hydrogen-bond donors (Lipinski definition) is 1. The van der Waals surface area contributed by atoms with E-state index in [2.05, 4.69) is 24.0 Å². The van der Waals surface area contributed by atoms with Crippen LogP contribution in [0.4, 0.5) is 0 Å². The molecule has 13 heavy (non-hydrogen) atoms. The second-order valence-electron chi connectivity index (χ2n) is 3.23. The van der Waals surface area contributed by atoms with Gasteiger partial charge >= 0.3 is 0 Å². The van der Waals surface area contributed by atoms with Gasteiger partial charge in [0.15, 0.2) is 0 Å². The average molecular weight is 176 g/mol. The SMILES string of the molecule is CC#CC1=CC(CCCCCO)=C1. The van der Waals surface area contributed by atoms with E-state index in [1.54, 1.807) is 0 Å². The first-order valence-corrected chi connectivity index (χ1v) is 4.82. The van der Waals surface area contributed by atoms with E-state index in [9.17, 15) is 0 Å². The normalized spacial score (nSPS) is 13.7. The van der Waals surface area contributed by atoms with Gasteiger partial charge in [0.2, 0.25) is 0 Å². The quantitative estimate of drug-likeness (QED) is 0.504. The van der Waals surface area contributed by atoms with Gasteiger partial charge in [0.05, 0.1) is 0 Å². The van der Waals surface area contributed by atoms with Crippen molar-refractivity contribution < 1.29 is 5.11 Å². The Hall–Kier alpha value is -1.00. The van der Waals surface area contributed by atoms with Crippen molar-refractivity contribution in [2.24, 2.45) is 0 Å². The van der Waals surface area contributed by atoms with E-state index in [-0.39, 0.29) is 0 Å². The van der Waals surface area contributed by atoms with Crippen LogP contribution in [0.15, 0.2) is 23.3 Å². The molecule has 0 aromatic heterocycles. The highest BCUT2D eigenvalue weighted by molar-refractivity contribution is 5.53. The summed E-state index contributed by atoms with van der Waals surface area (Å²) in [6, 6.07) is 0. The Morgan fingerprint density at radius 3 is 2.62 bits per heavy atom. The standard InChI is InChI=1S/C12H16O/c1-2-6-11-9-12(10-11)7-4-3-5-8-13/h9-10,13H,3-5,7-8H2,1H3. The first-order chi connectivity index (χ1) is 6.36. The van der Waals surface area contributed by atoms with Crippen LogP contribution in [-0.2, 0) is 0 Å². The molecule has 0 heterocycles. The van der Waals surface area contributed by atoms with Gasteiger partial charge in [-0.2, -0.15) is 0 Å². The molecule has 1 aliphatic carbocycles. The van der Waals surface area contributed by atoms with Crippen molar-refractivity contribution in [3.8, 4) is 11.8 Å². The number of hydrogen-bond acceptors (Lipinski definition) is 1. The highest BCUT2D eigenvalue weighted by atomic mass is 16.2. The molecule has 0 aromatic rings. The fourth-order valence-corrected chi connectivity index (χ4v) is 1.37. The summed E-state index contributed by atoms with van der Waals surface area (Å²) in [6.45, 7) is 2.18. The van der Waals surface area contributed by atoms with Crippen LogP contribution in [0.5, 0.6) is 0 Å². The average Bonchev–Trinajstić information content (AvgIpc) is 2.07. The van der Waals surface area contributed by atoms with Crippen LogP contribution in [0.2, 0.25) is 0 Å². The molecule has 0 atom stereocenters. The summed E-state index contributed by atoms with van der Waals surface area (Å²) in [6.07, 6.45) is 8.66. The van der Waals surface area contributed by atoms with Crippen molar-refractivity contribution in [1.29, 1.82) is 0 Å². The minimum Gasteiger partial charge on any atom is -0.396 e. The van der Waals surface area contributed by atoms with Gasteiger partial charge in [-0.1, -0.05) is 12.3 Å². The van der Waals surface area contributed by atoms with Crippen LogP contribution in [0, 0.1) is 11.8 Å². The molecule has 1 rings (SSSR count). The van der Waals surface area contributed by atoms with Crippen molar-refractivity contribution in [2.45, 2.75) is 32.6 Å². The lowest BCUT2D eigenvalue weighted by molar-refractivity contribution is 0.283. The fraction of sp³-hybridized carbons (Fsp3) is 0.500. The Morgan fingerprint density at radius 1 is 1.23 bits per heavy atom. The Morgan fingerprint density at radius 2 is 2.00 bits per heavy atom. The molecule has 70 valence electrons. The molecular formula is C12H16O. The zero-order valence-corrected chi connectivity index (χ0v) is 8.14. The van der Waals surface area contributed by atoms with Crippen molar-refractivity contribution in [3.05, 3.63) is 23.3 Å². The smallest absolute Gasteiger partial charge is 0.0431 e. The largest absolute Gasteiger partial charge is 0.396 e. The van der Waals surface area contributed by atoms with E-state index >= 15 is 0 Å². The third kappa shape index (κ3) is 3.48. The summed E-state index contributed by atoms with van der Waals surface area (Å²) in [5, 5.41) is 8.57. The second-order valence-corrected chi connectivity index (χ2v) is 3.23. The van der Waals surface area contributed by atoms with Gasteiger partial charge in [0.1, 0.15) is 0 Å². The maximum atomic E-state index is 8.57. The van der Waals surface area contributed by atoms with Crippen molar-refractivity contribution in [3.63, 3.8) is 0 Å². The lowest BCUT2D eigenvalue weighted by Crippen LogP contribution is -1.93. The molecule has 0 aromatic carbocycles. The molecular weight excluding hydrogens is 160 g/mol. The van der Waals surface area contributed by atoms with Crippen molar-refractivity contribution >= 4 is 0 Å². The summed E-state index contributed by atoms with van der Waals surface area (Å²) in [5.41, 5.74) is 2.55. The number of allylic oxidation sites excluding steroid dienone is 4. The van der Waals surface area contributed by atoms with Crippen LogP contribution < -0.4 is 0 Å². The second kappa shape index (κ2) is 5.61. The Bertz CT molecular complexity index is 273. The van der Waals surface area contributed by atoms with Gasteiger partial charge in [0.25, 0.3) is 0 Å². The highest BCUT2D eigenvalue weighted by Crippen LogP contribution is 2.21. The maximum Gasteiger partial charge on any atom is 0.0431 e. The van der Waals surface area contributed by atoms with Crippen LogP contribution in [0.3, 0.4) is 0 Å². The van der Waals surface area contributed by atoms with Gasteiger partial charge in [-0.15, -0.1) is 5.92 Å². The summed E-state index contributed by atoms with van der Waals surface area (Å²) in [7, 11) is 0.